The van der Waals surface area contributed by atoms with Gasteiger partial charge in [-0.1, -0.05) is 29.8 Å². The summed E-state index contributed by atoms with van der Waals surface area (Å²) >= 11 is 1.61. The van der Waals surface area contributed by atoms with Crippen molar-refractivity contribution in [1.82, 2.24) is 5.32 Å². The lowest BCUT2D eigenvalue weighted by Crippen LogP contribution is -2.29. The van der Waals surface area contributed by atoms with Crippen molar-refractivity contribution in [2.45, 2.75) is 43.4 Å². The monoisotopic (exact) mass is 347 g/mol. The summed E-state index contributed by atoms with van der Waals surface area (Å²) in [4.78, 5) is 24.4. The van der Waals surface area contributed by atoms with Gasteiger partial charge in [-0.15, -0.1) is 11.8 Å². The standard InChI is InChI=1S/C19H25NO3S/c21-18(20-13-11-16-7-3-1-4-8-16)15-23-19(22)12-14-24-17-9-5-2-6-10-17/h2,5-7,9-10H,1,3-4,8,11-15H2,(H,20,21). The van der Waals surface area contributed by atoms with Crippen molar-refractivity contribution in [3.05, 3.63) is 42.0 Å². The van der Waals surface area contributed by atoms with Crippen molar-refractivity contribution in [3.8, 4) is 0 Å². The quantitative estimate of drug-likeness (QED) is 0.420. The van der Waals surface area contributed by atoms with Crippen molar-refractivity contribution in [2.75, 3.05) is 18.9 Å². The van der Waals surface area contributed by atoms with Crippen LogP contribution in [0.4, 0.5) is 0 Å². The minimum Gasteiger partial charge on any atom is -0.456 e. The second-order valence-electron chi connectivity index (χ2n) is 5.78. The summed E-state index contributed by atoms with van der Waals surface area (Å²) in [5.41, 5.74) is 1.43. The molecule has 1 N–H and O–H groups in total. The molecule has 0 saturated heterocycles. The Balaban J connectivity index is 1.51. The number of rotatable bonds is 9. The van der Waals surface area contributed by atoms with E-state index in [4.69, 9.17) is 4.74 Å². The number of ether oxygens (including phenoxy) is 1. The number of hydrogen-bond acceptors (Lipinski definition) is 4. The fourth-order valence-electron chi connectivity index (χ4n) is 2.53. The van der Waals surface area contributed by atoms with Gasteiger partial charge >= 0.3 is 5.97 Å². The van der Waals surface area contributed by atoms with E-state index in [-0.39, 0.29) is 18.5 Å². The van der Waals surface area contributed by atoms with Crippen LogP contribution < -0.4 is 5.32 Å². The van der Waals surface area contributed by atoms with Crippen LogP contribution in [0.5, 0.6) is 0 Å². The SMILES string of the molecule is O=C(COC(=O)CCSc1ccccc1)NCCC1=CCCCC1. The molecular weight excluding hydrogens is 322 g/mol. The first kappa shape index (κ1) is 18.6. The van der Waals surface area contributed by atoms with E-state index in [9.17, 15) is 9.59 Å². The number of nitrogens with one attached hydrogen (secondary N) is 1. The molecule has 0 bridgehead atoms. The highest BCUT2D eigenvalue weighted by Gasteiger charge is 2.08. The Bertz CT molecular complexity index is 557. The van der Waals surface area contributed by atoms with Gasteiger partial charge in [-0.25, -0.2) is 0 Å². The number of benzene rings is 1. The van der Waals surface area contributed by atoms with Gasteiger partial charge in [0.2, 0.25) is 0 Å². The third-order valence-corrected chi connectivity index (χ3v) is 4.85. The van der Waals surface area contributed by atoms with Gasteiger partial charge < -0.3 is 10.1 Å². The van der Waals surface area contributed by atoms with Crippen LogP contribution >= 0.6 is 11.8 Å². The van der Waals surface area contributed by atoms with Crippen LogP contribution in [0.1, 0.15) is 38.5 Å². The van der Waals surface area contributed by atoms with Gasteiger partial charge in [0.25, 0.3) is 5.91 Å². The third-order valence-electron chi connectivity index (χ3n) is 3.84. The maximum atomic E-state index is 11.7. The summed E-state index contributed by atoms with van der Waals surface area (Å²) < 4.78 is 5.01. The molecule has 0 aliphatic heterocycles. The fraction of sp³-hybridized carbons (Fsp3) is 0.474. The molecule has 0 saturated carbocycles. The highest BCUT2D eigenvalue weighted by Crippen LogP contribution is 2.19. The van der Waals surface area contributed by atoms with E-state index in [0.717, 1.165) is 24.2 Å². The van der Waals surface area contributed by atoms with E-state index in [1.165, 1.54) is 18.4 Å². The maximum Gasteiger partial charge on any atom is 0.307 e. The minimum absolute atomic E-state index is 0.187. The smallest absolute Gasteiger partial charge is 0.307 e. The number of hydrogen-bond donors (Lipinski definition) is 1. The zero-order valence-electron chi connectivity index (χ0n) is 14.0. The summed E-state index contributed by atoms with van der Waals surface area (Å²) in [6.07, 6.45) is 8.30. The van der Waals surface area contributed by atoms with Crippen LogP contribution in [0.15, 0.2) is 46.9 Å². The lowest BCUT2D eigenvalue weighted by molar-refractivity contribution is -0.148. The molecule has 0 unspecified atom stereocenters. The van der Waals surface area contributed by atoms with E-state index in [2.05, 4.69) is 11.4 Å². The molecule has 0 atom stereocenters. The number of allylic oxidation sites excluding steroid dienone is 1. The van der Waals surface area contributed by atoms with Crippen LogP contribution in [0.3, 0.4) is 0 Å². The topological polar surface area (TPSA) is 55.4 Å². The summed E-state index contributed by atoms with van der Waals surface area (Å²) in [5.74, 6) is 0.0950. The molecule has 130 valence electrons. The Morgan fingerprint density at radius 1 is 1.17 bits per heavy atom. The maximum absolute atomic E-state index is 11.7. The first-order valence-corrected chi connectivity index (χ1v) is 9.50. The predicted molar refractivity (Wildman–Crippen MR) is 96.9 cm³/mol. The van der Waals surface area contributed by atoms with E-state index in [1.54, 1.807) is 11.8 Å². The predicted octanol–water partition coefficient (Wildman–Crippen LogP) is 3.72. The zero-order chi connectivity index (χ0) is 17.0. The van der Waals surface area contributed by atoms with E-state index in [1.807, 2.05) is 30.3 Å². The van der Waals surface area contributed by atoms with Gasteiger partial charge in [0.05, 0.1) is 6.42 Å². The normalized spacial score (nSPS) is 13.9. The van der Waals surface area contributed by atoms with Crippen molar-refractivity contribution in [1.29, 1.82) is 0 Å². The molecule has 1 amide bonds. The molecule has 4 nitrogen and oxygen atoms in total. The third kappa shape index (κ3) is 7.68. The van der Waals surface area contributed by atoms with Gasteiger partial charge in [-0.3, -0.25) is 9.59 Å². The van der Waals surface area contributed by atoms with Gasteiger partial charge in [-0.05, 0) is 44.2 Å². The van der Waals surface area contributed by atoms with Gasteiger partial charge in [0.1, 0.15) is 0 Å². The van der Waals surface area contributed by atoms with Gasteiger partial charge in [-0.2, -0.15) is 0 Å². The number of carbonyl (C=O) groups excluding carboxylic acids is 2. The Labute approximate surface area is 148 Å². The molecule has 0 fully saturated rings. The zero-order valence-corrected chi connectivity index (χ0v) is 14.8. The summed E-state index contributed by atoms with van der Waals surface area (Å²) in [5, 5.41) is 2.81. The molecule has 1 aliphatic rings. The van der Waals surface area contributed by atoms with E-state index in [0.29, 0.717) is 18.7 Å². The molecule has 0 radical (unpaired) electrons. The van der Waals surface area contributed by atoms with Crippen LogP contribution in [0, 0.1) is 0 Å². The molecule has 0 spiro atoms. The van der Waals surface area contributed by atoms with Crippen molar-refractivity contribution in [2.24, 2.45) is 0 Å². The van der Waals surface area contributed by atoms with Gasteiger partial charge in [0, 0.05) is 17.2 Å². The molecule has 1 aliphatic carbocycles. The molecule has 0 aromatic heterocycles. The summed E-state index contributed by atoms with van der Waals surface area (Å²) in [6.45, 7) is 0.431. The summed E-state index contributed by atoms with van der Waals surface area (Å²) in [6, 6.07) is 9.90. The van der Waals surface area contributed by atoms with Crippen LogP contribution in [0.25, 0.3) is 0 Å². The number of carbonyl (C=O) groups is 2. The lowest BCUT2D eigenvalue weighted by atomic mass is 9.97. The second kappa shape index (κ2) is 10.9. The van der Waals surface area contributed by atoms with Crippen LogP contribution in [-0.4, -0.2) is 30.8 Å². The molecule has 2 rings (SSSR count). The number of thioether (sulfide) groups is 1. The molecule has 5 heteroatoms. The molecular formula is C19H25NO3S. The Hall–Kier alpha value is -1.75. The Morgan fingerprint density at radius 3 is 2.75 bits per heavy atom. The number of amides is 1. The van der Waals surface area contributed by atoms with Crippen LogP contribution in [0.2, 0.25) is 0 Å². The average molecular weight is 347 g/mol. The van der Waals surface area contributed by atoms with E-state index >= 15 is 0 Å². The first-order valence-electron chi connectivity index (χ1n) is 8.52. The second-order valence-corrected chi connectivity index (χ2v) is 6.95. The van der Waals surface area contributed by atoms with E-state index < -0.39 is 0 Å². The van der Waals surface area contributed by atoms with Crippen molar-refractivity contribution in [3.63, 3.8) is 0 Å². The molecule has 1 aromatic carbocycles. The Morgan fingerprint density at radius 2 is 2.00 bits per heavy atom. The van der Waals surface area contributed by atoms with Crippen molar-refractivity contribution < 1.29 is 14.3 Å². The fourth-order valence-corrected chi connectivity index (χ4v) is 3.39. The molecule has 1 aromatic rings. The minimum atomic E-state index is -0.330. The molecule has 0 heterocycles. The average Bonchev–Trinajstić information content (AvgIpc) is 2.62. The first-order chi connectivity index (χ1) is 11.7. The van der Waals surface area contributed by atoms with Crippen LogP contribution in [-0.2, 0) is 14.3 Å². The summed E-state index contributed by atoms with van der Waals surface area (Å²) in [7, 11) is 0. The lowest BCUT2D eigenvalue weighted by Gasteiger charge is -2.13. The highest BCUT2D eigenvalue weighted by atomic mass is 32.2. The Kier molecular flexibility index (Phi) is 8.46. The highest BCUT2D eigenvalue weighted by molar-refractivity contribution is 7.99. The number of esters is 1. The largest absolute Gasteiger partial charge is 0.456 e. The van der Waals surface area contributed by atoms with Gasteiger partial charge in [0.15, 0.2) is 6.61 Å². The molecule has 24 heavy (non-hydrogen) atoms. The van der Waals surface area contributed by atoms with Crippen molar-refractivity contribution >= 4 is 23.6 Å².